The van der Waals surface area contributed by atoms with Crippen LogP contribution in [0.2, 0.25) is 0 Å². The van der Waals surface area contributed by atoms with Gasteiger partial charge in [0.15, 0.2) is 0 Å². The average Bonchev–Trinajstić information content (AvgIpc) is 2.75. The molecule has 6 nitrogen and oxygen atoms in total. The van der Waals surface area contributed by atoms with Crippen LogP contribution in [0.4, 0.5) is 5.69 Å². The number of hydrogen-bond donors (Lipinski definition) is 1. The molecule has 6 heteroatoms. The van der Waals surface area contributed by atoms with Gasteiger partial charge in [0.1, 0.15) is 17.2 Å². The number of amides is 1. The molecular weight excluding hydrogens is 356 g/mol. The molecule has 0 atom stereocenters. The summed E-state index contributed by atoms with van der Waals surface area (Å²) in [4.78, 5) is 14.8. The Morgan fingerprint density at radius 2 is 1.61 bits per heavy atom. The van der Waals surface area contributed by atoms with Gasteiger partial charge in [-0.2, -0.15) is 0 Å². The van der Waals surface area contributed by atoms with Gasteiger partial charge in [-0.05, 0) is 30.7 Å². The molecule has 1 amide bonds. The first-order valence-corrected chi connectivity index (χ1v) is 9.42. The van der Waals surface area contributed by atoms with E-state index in [1.807, 2.05) is 24.3 Å². The summed E-state index contributed by atoms with van der Waals surface area (Å²) in [6.07, 6.45) is 2.30. The second-order valence-electron chi connectivity index (χ2n) is 6.52. The second kappa shape index (κ2) is 10.4. The minimum Gasteiger partial charge on any atom is -0.496 e. The van der Waals surface area contributed by atoms with E-state index >= 15 is 0 Å². The molecule has 0 unspecified atom stereocenters. The predicted molar refractivity (Wildman–Crippen MR) is 112 cm³/mol. The predicted octanol–water partition coefficient (Wildman–Crippen LogP) is 3.88. The van der Waals surface area contributed by atoms with Crippen molar-refractivity contribution < 1.29 is 19.0 Å². The van der Waals surface area contributed by atoms with Crippen molar-refractivity contribution in [2.24, 2.45) is 0 Å². The lowest BCUT2D eigenvalue weighted by molar-refractivity contribution is 0.0950. The zero-order valence-corrected chi connectivity index (χ0v) is 17.4. The quantitative estimate of drug-likeness (QED) is 0.671. The molecule has 0 saturated carbocycles. The van der Waals surface area contributed by atoms with Crippen LogP contribution in [0.25, 0.3) is 0 Å². The molecule has 2 aromatic carbocycles. The second-order valence-corrected chi connectivity index (χ2v) is 6.52. The van der Waals surface area contributed by atoms with Gasteiger partial charge in [-0.3, -0.25) is 4.79 Å². The molecule has 0 aliphatic rings. The third kappa shape index (κ3) is 5.31. The van der Waals surface area contributed by atoms with Crippen molar-refractivity contribution in [3.63, 3.8) is 0 Å². The summed E-state index contributed by atoms with van der Waals surface area (Å²) in [5, 5.41) is 2.93. The van der Waals surface area contributed by atoms with E-state index in [4.69, 9.17) is 14.2 Å². The van der Waals surface area contributed by atoms with Crippen LogP contribution in [-0.4, -0.2) is 40.8 Å². The Labute approximate surface area is 167 Å². The van der Waals surface area contributed by atoms with Crippen LogP contribution < -0.4 is 24.4 Å². The SMILES string of the molecule is CCCCN(C)c1ccc(C(=O)NCc2c(OC)cc(OC)cc2OC)cc1. The molecule has 2 aromatic rings. The summed E-state index contributed by atoms with van der Waals surface area (Å²) in [7, 11) is 6.80. The molecule has 152 valence electrons. The Bertz CT molecular complexity index is 750. The van der Waals surface area contributed by atoms with Crippen molar-refractivity contribution in [2.45, 2.75) is 26.3 Å². The first-order chi connectivity index (χ1) is 13.5. The first kappa shape index (κ1) is 21.4. The van der Waals surface area contributed by atoms with E-state index in [0.717, 1.165) is 30.6 Å². The van der Waals surface area contributed by atoms with E-state index in [2.05, 4.69) is 24.2 Å². The van der Waals surface area contributed by atoms with Crippen molar-refractivity contribution in [1.82, 2.24) is 5.32 Å². The molecule has 0 aliphatic heterocycles. The van der Waals surface area contributed by atoms with Crippen LogP contribution >= 0.6 is 0 Å². The summed E-state index contributed by atoms with van der Waals surface area (Å²) in [6.45, 7) is 3.46. The normalized spacial score (nSPS) is 10.3. The average molecular weight is 386 g/mol. The highest BCUT2D eigenvalue weighted by atomic mass is 16.5. The van der Waals surface area contributed by atoms with E-state index in [1.54, 1.807) is 33.5 Å². The summed E-state index contributed by atoms with van der Waals surface area (Å²) in [5.74, 6) is 1.68. The number of hydrogen-bond acceptors (Lipinski definition) is 5. The molecule has 1 N–H and O–H groups in total. The molecule has 0 saturated heterocycles. The maximum atomic E-state index is 12.6. The van der Waals surface area contributed by atoms with E-state index in [9.17, 15) is 4.79 Å². The van der Waals surface area contributed by atoms with Gasteiger partial charge < -0.3 is 24.4 Å². The van der Waals surface area contributed by atoms with Gasteiger partial charge in [0.05, 0.1) is 33.4 Å². The molecule has 0 spiro atoms. The highest BCUT2D eigenvalue weighted by molar-refractivity contribution is 5.94. The van der Waals surface area contributed by atoms with Gasteiger partial charge in [0.25, 0.3) is 5.91 Å². The summed E-state index contributed by atoms with van der Waals surface area (Å²) in [5.41, 5.74) is 2.47. The van der Waals surface area contributed by atoms with Gasteiger partial charge in [-0.1, -0.05) is 13.3 Å². The fourth-order valence-electron chi connectivity index (χ4n) is 2.91. The van der Waals surface area contributed by atoms with Crippen LogP contribution in [0.3, 0.4) is 0 Å². The number of carbonyl (C=O) groups is 1. The number of carbonyl (C=O) groups excluding carboxylic acids is 1. The fraction of sp³-hybridized carbons (Fsp3) is 0.409. The van der Waals surface area contributed by atoms with E-state index in [0.29, 0.717) is 22.8 Å². The zero-order chi connectivity index (χ0) is 20.5. The Hall–Kier alpha value is -2.89. The molecule has 0 aromatic heterocycles. The first-order valence-electron chi connectivity index (χ1n) is 9.42. The summed E-state index contributed by atoms with van der Waals surface area (Å²) < 4.78 is 16.1. The lowest BCUT2D eigenvalue weighted by atomic mass is 10.1. The van der Waals surface area contributed by atoms with Crippen LogP contribution in [0.5, 0.6) is 17.2 Å². The number of anilines is 1. The number of ether oxygens (including phenoxy) is 3. The molecule has 2 rings (SSSR count). The van der Waals surface area contributed by atoms with E-state index < -0.39 is 0 Å². The monoisotopic (exact) mass is 386 g/mol. The van der Waals surface area contributed by atoms with Gasteiger partial charge in [0, 0.05) is 37.0 Å². The number of methoxy groups -OCH3 is 3. The molecule has 0 heterocycles. The Balaban J connectivity index is 2.08. The maximum absolute atomic E-state index is 12.6. The van der Waals surface area contributed by atoms with Gasteiger partial charge >= 0.3 is 0 Å². The molecule has 0 aliphatic carbocycles. The molecule has 28 heavy (non-hydrogen) atoms. The van der Waals surface area contributed by atoms with E-state index in [1.165, 1.54) is 0 Å². The molecular formula is C22H30N2O4. The van der Waals surface area contributed by atoms with Crippen molar-refractivity contribution in [3.05, 3.63) is 47.5 Å². The van der Waals surface area contributed by atoms with Crippen molar-refractivity contribution in [2.75, 3.05) is 39.8 Å². The highest BCUT2D eigenvalue weighted by Gasteiger charge is 2.15. The lowest BCUT2D eigenvalue weighted by Crippen LogP contribution is -2.24. The number of nitrogens with zero attached hydrogens (tertiary/aromatic N) is 1. The van der Waals surface area contributed by atoms with Crippen molar-refractivity contribution >= 4 is 11.6 Å². The minimum absolute atomic E-state index is 0.150. The Kier molecular flexibility index (Phi) is 7.99. The minimum atomic E-state index is -0.150. The number of nitrogens with one attached hydrogen (secondary N) is 1. The van der Waals surface area contributed by atoms with Crippen molar-refractivity contribution in [1.29, 1.82) is 0 Å². The Morgan fingerprint density at radius 1 is 1.00 bits per heavy atom. The zero-order valence-electron chi connectivity index (χ0n) is 17.4. The fourth-order valence-corrected chi connectivity index (χ4v) is 2.91. The smallest absolute Gasteiger partial charge is 0.251 e. The topological polar surface area (TPSA) is 60.0 Å². The van der Waals surface area contributed by atoms with Crippen LogP contribution in [0, 0.1) is 0 Å². The Morgan fingerprint density at radius 3 is 2.11 bits per heavy atom. The van der Waals surface area contributed by atoms with Crippen LogP contribution in [0.1, 0.15) is 35.7 Å². The maximum Gasteiger partial charge on any atom is 0.251 e. The lowest BCUT2D eigenvalue weighted by Gasteiger charge is -2.19. The van der Waals surface area contributed by atoms with Gasteiger partial charge in [0.2, 0.25) is 0 Å². The highest BCUT2D eigenvalue weighted by Crippen LogP contribution is 2.33. The number of unbranched alkanes of at least 4 members (excludes halogenated alkanes) is 1. The van der Waals surface area contributed by atoms with Gasteiger partial charge in [-0.25, -0.2) is 0 Å². The van der Waals surface area contributed by atoms with Crippen molar-refractivity contribution in [3.8, 4) is 17.2 Å². The standard InChI is InChI=1S/C22H30N2O4/c1-6-7-12-24(2)17-10-8-16(9-11-17)22(25)23-15-19-20(27-4)13-18(26-3)14-21(19)28-5/h8-11,13-14H,6-7,12,15H2,1-5H3,(H,23,25). The summed E-state index contributed by atoms with van der Waals surface area (Å²) >= 11 is 0. The number of benzene rings is 2. The molecule has 0 radical (unpaired) electrons. The van der Waals surface area contributed by atoms with E-state index in [-0.39, 0.29) is 12.5 Å². The third-order valence-corrected chi connectivity index (χ3v) is 4.66. The third-order valence-electron chi connectivity index (χ3n) is 4.66. The number of rotatable bonds is 10. The van der Waals surface area contributed by atoms with Crippen LogP contribution in [0.15, 0.2) is 36.4 Å². The van der Waals surface area contributed by atoms with Crippen LogP contribution in [-0.2, 0) is 6.54 Å². The largest absolute Gasteiger partial charge is 0.496 e. The summed E-state index contributed by atoms with van der Waals surface area (Å²) in [6, 6.07) is 11.2. The molecule has 0 fully saturated rings. The van der Waals surface area contributed by atoms with Gasteiger partial charge in [-0.15, -0.1) is 0 Å². The molecule has 0 bridgehead atoms.